The van der Waals surface area contributed by atoms with Crippen molar-refractivity contribution in [2.75, 3.05) is 72.2 Å². The number of ether oxygens (including phenoxy) is 2. The summed E-state index contributed by atoms with van der Waals surface area (Å²) in [5, 5.41) is 0. The van der Waals surface area contributed by atoms with Gasteiger partial charge in [-0.2, -0.15) is 0 Å². The highest BCUT2D eigenvalue weighted by atomic mass is 16.5. The molecule has 0 bridgehead atoms. The number of carbonyl (C=O) groups excluding carboxylic acids is 1. The Morgan fingerprint density at radius 1 is 0.893 bits per heavy atom. The molecule has 2 rings (SSSR count). The molecule has 0 spiro atoms. The molecule has 0 aromatic rings. The van der Waals surface area contributed by atoms with Crippen molar-refractivity contribution < 1.29 is 14.3 Å². The van der Waals surface area contributed by atoms with Crippen LogP contribution in [-0.2, 0) is 14.3 Å². The lowest BCUT2D eigenvalue weighted by atomic mass is 9.87. The topological polar surface area (TPSA) is 45.3 Å². The van der Waals surface area contributed by atoms with Gasteiger partial charge < -0.3 is 19.3 Å². The van der Waals surface area contributed by atoms with Crippen molar-refractivity contribution in [2.45, 2.75) is 53.0 Å². The van der Waals surface area contributed by atoms with Crippen molar-refractivity contribution in [3.8, 4) is 0 Å². The zero-order valence-electron chi connectivity index (χ0n) is 18.7. The van der Waals surface area contributed by atoms with Gasteiger partial charge in [0.25, 0.3) is 0 Å². The highest BCUT2D eigenvalue weighted by Gasteiger charge is 2.24. The average Bonchev–Trinajstić information content (AvgIpc) is 2.70. The quantitative estimate of drug-likeness (QED) is 0.501. The molecule has 0 unspecified atom stereocenters. The molecule has 0 aliphatic carbocycles. The third-order valence-corrected chi connectivity index (χ3v) is 6.33. The van der Waals surface area contributed by atoms with E-state index >= 15 is 0 Å². The third kappa shape index (κ3) is 8.36. The SMILES string of the molecule is CC(C)C1CCN(C(=O)COCCOCCCN2CCN(C(C)C)CC2)CC1. The first-order valence-electron chi connectivity index (χ1n) is 11.4. The van der Waals surface area contributed by atoms with E-state index in [1.807, 2.05) is 4.90 Å². The van der Waals surface area contributed by atoms with Gasteiger partial charge in [-0.3, -0.25) is 9.69 Å². The van der Waals surface area contributed by atoms with Crippen molar-refractivity contribution in [2.24, 2.45) is 11.8 Å². The van der Waals surface area contributed by atoms with Crippen LogP contribution in [0.25, 0.3) is 0 Å². The number of likely N-dealkylation sites (tertiary alicyclic amines) is 1. The van der Waals surface area contributed by atoms with E-state index in [0.717, 1.165) is 70.4 Å². The molecular formula is C22H43N3O3. The Labute approximate surface area is 172 Å². The van der Waals surface area contributed by atoms with E-state index in [0.29, 0.717) is 19.3 Å². The molecule has 2 aliphatic rings. The highest BCUT2D eigenvalue weighted by molar-refractivity contribution is 5.77. The zero-order valence-corrected chi connectivity index (χ0v) is 18.7. The van der Waals surface area contributed by atoms with E-state index in [2.05, 4.69) is 37.5 Å². The van der Waals surface area contributed by atoms with Crippen molar-refractivity contribution >= 4 is 5.91 Å². The van der Waals surface area contributed by atoms with E-state index < -0.39 is 0 Å². The van der Waals surface area contributed by atoms with Gasteiger partial charge in [0, 0.05) is 58.5 Å². The molecule has 0 aromatic carbocycles. The minimum absolute atomic E-state index is 0.128. The Balaban J connectivity index is 1.40. The van der Waals surface area contributed by atoms with Gasteiger partial charge in [-0.1, -0.05) is 13.8 Å². The van der Waals surface area contributed by atoms with Crippen LogP contribution in [0.15, 0.2) is 0 Å². The first-order valence-corrected chi connectivity index (χ1v) is 11.4. The molecule has 6 heteroatoms. The first-order chi connectivity index (χ1) is 13.5. The van der Waals surface area contributed by atoms with E-state index in [-0.39, 0.29) is 12.5 Å². The summed E-state index contributed by atoms with van der Waals surface area (Å²) >= 11 is 0. The number of amides is 1. The van der Waals surface area contributed by atoms with Crippen LogP contribution in [0.5, 0.6) is 0 Å². The number of rotatable bonds is 11. The Morgan fingerprint density at radius 3 is 2.14 bits per heavy atom. The number of hydrogen-bond acceptors (Lipinski definition) is 5. The lowest BCUT2D eigenvalue weighted by molar-refractivity contribution is -0.138. The number of carbonyl (C=O) groups is 1. The summed E-state index contributed by atoms with van der Waals surface area (Å²) in [6.07, 6.45) is 3.31. The van der Waals surface area contributed by atoms with Gasteiger partial charge in [-0.25, -0.2) is 0 Å². The molecule has 6 nitrogen and oxygen atoms in total. The molecular weight excluding hydrogens is 354 g/mol. The largest absolute Gasteiger partial charge is 0.379 e. The molecule has 0 radical (unpaired) electrons. The second kappa shape index (κ2) is 12.8. The van der Waals surface area contributed by atoms with Crippen LogP contribution in [0.4, 0.5) is 0 Å². The predicted octanol–water partition coefficient (Wildman–Crippen LogP) is 2.33. The number of nitrogens with zero attached hydrogens (tertiary/aromatic N) is 3. The third-order valence-electron chi connectivity index (χ3n) is 6.33. The van der Waals surface area contributed by atoms with Crippen LogP contribution in [-0.4, -0.2) is 98.9 Å². The van der Waals surface area contributed by atoms with Gasteiger partial charge >= 0.3 is 0 Å². The lowest BCUT2D eigenvalue weighted by Gasteiger charge is -2.36. The van der Waals surface area contributed by atoms with E-state index in [1.54, 1.807) is 0 Å². The zero-order chi connectivity index (χ0) is 20.4. The number of piperidine rings is 1. The maximum atomic E-state index is 12.2. The summed E-state index contributed by atoms with van der Waals surface area (Å²) in [6, 6.07) is 0.657. The number of piperazine rings is 1. The summed E-state index contributed by atoms with van der Waals surface area (Å²) in [7, 11) is 0. The summed E-state index contributed by atoms with van der Waals surface area (Å²) in [4.78, 5) is 19.2. The second-order valence-corrected chi connectivity index (χ2v) is 8.95. The standard InChI is InChI=1S/C22H43N3O3/c1-19(2)21-6-9-25(10-7-21)22(26)18-28-17-16-27-15-5-8-23-11-13-24(14-12-23)20(3)4/h19-21H,5-18H2,1-4H3. The van der Waals surface area contributed by atoms with E-state index in [1.165, 1.54) is 13.1 Å². The summed E-state index contributed by atoms with van der Waals surface area (Å²) in [5.41, 5.74) is 0. The van der Waals surface area contributed by atoms with Gasteiger partial charge in [-0.05, 0) is 44.9 Å². The Bertz CT molecular complexity index is 429. The molecule has 28 heavy (non-hydrogen) atoms. The summed E-state index contributed by atoms with van der Waals surface area (Å²) in [5.74, 6) is 1.61. The van der Waals surface area contributed by atoms with Gasteiger partial charge in [0.15, 0.2) is 0 Å². The smallest absolute Gasteiger partial charge is 0.248 e. The van der Waals surface area contributed by atoms with E-state index in [4.69, 9.17) is 9.47 Å². The molecule has 1 amide bonds. The van der Waals surface area contributed by atoms with Crippen molar-refractivity contribution in [3.05, 3.63) is 0 Å². The fourth-order valence-electron chi connectivity index (χ4n) is 4.18. The van der Waals surface area contributed by atoms with Crippen LogP contribution >= 0.6 is 0 Å². The monoisotopic (exact) mass is 397 g/mol. The Hall–Kier alpha value is -0.690. The van der Waals surface area contributed by atoms with Crippen LogP contribution < -0.4 is 0 Å². The maximum absolute atomic E-state index is 12.2. The normalized spacial score (nSPS) is 20.4. The second-order valence-electron chi connectivity index (χ2n) is 8.95. The molecule has 0 N–H and O–H groups in total. The van der Waals surface area contributed by atoms with Gasteiger partial charge in [0.05, 0.1) is 13.2 Å². The highest BCUT2D eigenvalue weighted by Crippen LogP contribution is 2.24. The van der Waals surface area contributed by atoms with Crippen LogP contribution in [0, 0.1) is 11.8 Å². The summed E-state index contributed by atoms with van der Waals surface area (Å²) in [6.45, 7) is 18.7. The molecule has 0 atom stereocenters. The molecule has 2 aliphatic heterocycles. The molecule has 2 fully saturated rings. The van der Waals surface area contributed by atoms with Gasteiger partial charge in [-0.15, -0.1) is 0 Å². The molecule has 2 heterocycles. The fraction of sp³-hybridized carbons (Fsp3) is 0.955. The number of hydrogen-bond donors (Lipinski definition) is 0. The first kappa shape index (κ1) is 23.6. The van der Waals surface area contributed by atoms with E-state index in [9.17, 15) is 4.79 Å². The molecule has 0 aromatic heterocycles. The van der Waals surface area contributed by atoms with Gasteiger partial charge in [0.1, 0.15) is 6.61 Å². The Kier molecular flexibility index (Phi) is 10.8. The minimum atomic E-state index is 0.128. The van der Waals surface area contributed by atoms with Gasteiger partial charge in [0.2, 0.25) is 5.91 Å². The molecule has 2 saturated heterocycles. The van der Waals surface area contributed by atoms with Crippen molar-refractivity contribution in [1.82, 2.24) is 14.7 Å². The van der Waals surface area contributed by atoms with Crippen LogP contribution in [0.1, 0.15) is 47.0 Å². The lowest BCUT2D eigenvalue weighted by Crippen LogP contribution is -2.49. The van der Waals surface area contributed by atoms with Crippen molar-refractivity contribution in [3.63, 3.8) is 0 Å². The van der Waals surface area contributed by atoms with Crippen LogP contribution in [0.3, 0.4) is 0 Å². The fourth-order valence-corrected chi connectivity index (χ4v) is 4.18. The van der Waals surface area contributed by atoms with Crippen molar-refractivity contribution in [1.29, 1.82) is 0 Å². The minimum Gasteiger partial charge on any atom is -0.379 e. The average molecular weight is 398 g/mol. The maximum Gasteiger partial charge on any atom is 0.248 e. The summed E-state index contributed by atoms with van der Waals surface area (Å²) < 4.78 is 11.2. The molecule has 0 saturated carbocycles. The predicted molar refractivity (Wildman–Crippen MR) is 114 cm³/mol. The van der Waals surface area contributed by atoms with Crippen LogP contribution in [0.2, 0.25) is 0 Å². The Morgan fingerprint density at radius 2 is 1.54 bits per heavy atom. The molecule has 164 valence electrons.